The van der Waals surface area contributed by atoms with Gasteiger partial charge in [-0.05, 0) is 141 Å². The number of hydrogen-bond acceptors (Lipinski definition) is 18. The van der Waals surface area contributed by atoms with Crippen LogP contribution in [0.1, 0.15) is 149 Å². The number of benzene rings is 4. The van der Waals surface area contributed by atoms with Crippen molar-refractivity contribution in [2.75, 3.05) is 95.4 Å². The predicted octanol–water partition coefficient (Wildman–Crippen LogP) is 9.35. The number of allylic oxidation sites excluding steroid dienone is 7. The van der Waals surface area contributed by atoms with Gasteiger partial charge in [0.15, 0.2) is 5.71 Å². The zero-order valence-electron chi connectivity index (χ0n) is 65.4. The smallest absolute Gasteiger partial charge is 0.268 e. The number of para-hydroxylation sites is 1. The van der Waals surface area contributed by atoms with Crippen LogP contribution in [0, 0.1) is 24.2 Å². The molecule has 0 radical (unpaired) electrons. The Kier molecular flexibility index (Phi) is 28.8. The number of amides is 5. The Bertz CT molecular complexity index is 4780. The molecule has 6 aliphatic rings. The van der Waals surface area contributed by atoms with Gasteiger partial charge in [-0.15, -0.1) is 5.10 Å². The van der Waals surface area contributed by atoms with E-state index in [0.717, 1.165) is 97.2 Å². The van der Waals surface area contributed by atoms with Crippen molar-refractivity contribution in [3.63, 3.8) is 0 Å². The lowest BCUT2D eigenvalue weighted by Crippen LogP contribution is -2.46. The average Bonchev–Trinajstić information content (AvgIpc) is 1.60. The van der Waals surface area contributed by atoms with Crippen LogP contribution in [0.25, 0.3) is 0 Å². The number of rotatable bonds is 40. The predicted molar refractivity (Wildman–Crippen MR) is 422 cm³/mol. The van der Waals surface area contributed by atoms with Crippen LogP contribution in [0.3, 0.4) is 0 Å². The largest absolute Gasteiger partial charge is 0.457 e. The fourth-order valence-electron chi connectivity index (χ4n) is 15.7. The third-order valence-electron chi connectivity index (χ3n) is 21.7. The highest BCUT2D eigenvalue weighted by Crippen LogP contribution is 2.49. The molecule has 0 bridgehead atoms. The van der Waals surface area contributed by atoms with Gasteiger partial charge in [0, 0.05) is 98.7 Å². The van der Waals surface area contributed by atoms with Crippen molar-refractivity contribution in [3.8, 4) is 11.8 Å². The topological polar surface area (TPSA) is 344 Å². The molecule has 0 spiro atoms. The Balaban J connectivity index is 0.571. The lowest BCUT2D eigenvalue weighted by molar-refractivity contribution is -0.438. The summed E-state index contributed by atoms with van der Waals surface area (Å²) < 4.78 is 127. The highest BCUT2D eigenvalue weighted by atomic mass is 32.2. The van der Waals surface area contributed by atoms with Crippen LogP contribution in [-0.4, -0.2) is 199 Å². The van der Waals surface area contributed by atoms with E-state index in [2.05, 4.69) is 125 Å². The lowest BCUT2D eigenvalue weighted by Gasteiger charge is -2.27. The molecule has 5 N–H and O–H groups in total. The molecule has 5 aromatic rings. The second-order valence-corrected chi connectivity index (χ2v) is 34.0. The zero-order chi connectivity index (χ0) is 81.4. The van der Waals surface area contributed by atoms with Crippen LogP contribution < -0.4 is 25.6 Å². The van der Waals surface area contributed by atoms with Gasteiger partial charge in [-0.25, -0.2) is 13.5 Å². The van der Waals surface area contributed by atoms with Crippen LogP contribution >= 0.6 is 0 Å². The van der Waals surface area contributed by atoms with E-state index in [4.69, 9.17) is 23.7 Å². The molecule has 6 heterocycles. The number of carbonyl (C=O) groups is 5. The Labute approximate surface area is 665 Å². The third kappa shape index (κ3) is 22.8. The first-order valence-electron chi connectivity index (χ1n) is 39.1. The quantitative estimate of drug-likeness (QED) is 0.0138. The maximum atomic E-state index is 14.0. The highest BCUT2D eigenvalue weighted by Gasteiger charge is 2.51. The van der Waals surface area contributed by atoms with Crippen LogP contribution in [0.2, 0.25) is 0 Å². The van der Waals surface area contributed by atoms with Crippen LogP contribution in [0.5, 0.6) is 5.75 Å². The molecule has 0 saturated carbocycles. The first-order chi connectivity index (χ1) is 54.4. The van der Waals surface area contributed by atoms with E-state index < -0.39 is 79.8 Å². The fraction of sp³-hybridized carbons (Fsp3) is 0.506. The van der Waals surface area contributed by atoms with Gasteiger partial charge in [0.2, 0.25) is 35.2 Å². The number of halogens is 2. The van der Waals surface area contributed by atoms with E-state index >= 15 is 0 Å². The number of nitrogens with zero attached hydrogens (tertiary/aromatic N) is 8. The number of hydrogen-bond donors (Lipinski definition) is 5. The van der Waals surface area contributed by atoms with Gasteiger partial charge in [-0.2, -0.15) is 26.7 Å². The molecule has 1 aliphatic carbocycles. The van der Waals surface area contributed by atoms with Gasteiger partial charge in [0.1, 0.15) is 35.8 Å². The molecule has 27 nitrogen and oxygen atoms in total. The van der Waals surface area contributed by atoms with Crippen molar-refractivity contribution >= 4 is 66.9 Å². The number of likely N-dealkylation sites (tertiary alicyclic amines) is 1. The molecule has 5 aliphatic heterocycles. The van der Waals surface area contributed by atoms with E-state index in [0.29, 0.717) is 116 Å². The fourth-order valence-corrected chi connectivity index (χ4v) is 16.8. The second-order valence-electron chi connectivity index (χ2n) is 30.9. The summed E-state index contributed by atoms with van der Waals surface area (Å²) in [5, 5.41) is 26.1. The number of carbonyl (C=O) groups excluding carboxylic acids is 5. The summed E-state index contributed by atoms with van der Waals surface area (Å²) in [7, 11) is -8.21. The number of aryl methyl sites for hydroxylation is 2. The number of unbranched alkanes of at least 4 members (excludes halogenated alkanes) is 2. The number of ether oxygens (including phenoxy) is 5. The normalized spacial score (nSPS) is 19.6. The number of fused-ring (bicyclic) bond motifs is 3. The Morgan fingerprint density at radius 1 is 0.781 bits per heavy atom. The van der Waals surface area contributed by atoms with E-state index in [1.807, 2.05) is 54.6 Å². The van der Waals surface area contributed by atoms with Gasteiger partial charge in [-0.1, -0.05) is 91.4 Å². The summed E-state index contributed by atoms with van der Waals surface area (Å²) in [6.45, 7) is 14.9. The second kappa shape index (κ2) is 38.4. The summed E-state index contributed by atoms with van der Waals surface area (Å²) >= 11 is 0. The van der Waals surface area contributed by atoms with Crippen molar-refractivity contribution < 1.29 is 87.0 Å². The molecule has 612 valence electrons. The molecule has 1 aromatic heterocycles. The Morgan fingerprint density at radius 2 is 1.48 bits per heavy atom. The highest BCUT2D eigenvalue weighted by molar-refractivity contribution is 7.86. The van der Waals surface area contributed by atoms with Gasteiger partial charge in [0.05, 0.1) is 102 Å². The molecule has 114 heavy (non-hydrogen) atoms. The van der Waals surface area contributed by atoms with Gasteiger partial charge in [-0.3, -0.25) is 33.1 Å². The van der Waals surface area contributed by atoms with Gasteiger partial charge >= 0.3 is 0 Å². The van der Waals surface area contributed by atoms with E-state index in [-0.39, 0.29) is 81.2 Å². The number of alkyl halides is 2. The first kappa shape index (κ1) is 85.5. The van der Waals surface area contributed by atoms with Crippen molar-refractivity contribution in [3.05, 3.63) is 183 Å². The van der Waals surface area contributed by atoms with Crippen LogP contribution in [0.4, 0.5) is 20.2 Å². The van der Waals surface area contributed by atoms with E-state index in [1.54, 1.807) is 21.8 Å². The zero-order valence-corrected chi connectivity index (χ0v) is 67.0. The maximum Gasteiger partial charge on any atom is 0.268 e. The SMILES string of the molecule is Cc1ccc2c(c1)C(C)(C)C(=CC=C1CCCC(C=CC3=[N+](CCCCS(=O)(=O)O)c4ccccc4C3(C)C)=C1Oc1ccc(CCC(=O)NCCOCCOCCOCCOCCC(=O)NCc3cn(Cc4cccc5c4CN(C(=O)C[C@@H]4C[C@@H](C(=O)N6CC(F)(F)C[C@H]6C#N)NC4=O)C5)nn3)cc1)N2CCCCS(=O)(=O)O. The first-order valence-corrected chi connectivity index (χ1v) is 42.3. The maximum absolute atomic E-state index is 14.0. The summed E-state index contributed by atoms with van der Waals surface area (Å²) in [6.07, 6.45) is 14.3. The van der Waals surface area contributed by atoms with Gasteiger partial charge in [0.25, 0.3) is 26.2 Å². The summed E-state index contributed by atoms with van der Waals surface area (Å²) in [4.78, 5) is 69.8. The molecule has 2 saturated heterocycles. The minimum Gasteiger partial charge on any atom is -0.457 e. The summed E-state index contributed by atoms with van der Waals surface area (Å²) in [6, 6.07) is 27.5. The lowest BCUT2D eigenvalue weighted by atomic mass is 9.81. The standard InChI is InChI=1S/C83H103F2N11O16S2/c1-57-20-28-72-69(46-57)82(4,5)74(95(72)35-9-11-45-114(105,106)107)30-25-60-15-12-14-59(24-29-73-81(2,3)68-18-6-7-19-71(68)94(73)34-8-10-44-113(102,103)104)78(60)112-66-26-21-58(22-27-66)23-31-75(97)87-33-37-109-39-41-111-43-42-110-40-38-108-36-32-76(98)88-51-64-54-93(91-90-64)53-62-17-13-16-61-52-92(55-67(61)62)77(99)48-63-47-70(89-79(63)100)80(101)96-56-83(84,85)49-65(96)50-86/h6-7,13,16-22,24-30,46,54,63,65,70H,8-12,14-15,23,31-45,47-49,51-53,55-56H2,1-5H3,(H4-,87,88,89,97,98,100,102,103,104,105,106,107)/p+1/t63-,65-,70-/m0/s1. The molecular formula is C83H104F2N11O16S2+. The minimum atomic E-state index is -4.11. The minimum absolute atomic E-state index is 0.0392. The molecular weight excluding hydrogens is 1510 g/mol. The molecule has 3 atom stereocenters. The number of aromatic nitrogens is 3. The van der Waals surface area contributed by atoms with Crippen molar-refractivity contribution in [1.29, 1.82) is 5.26 Å². The number of anilines is 1. The molecule has 4 aromatic carbocycles. The van der Waals surface area contributed by atoms with Gasteiger partial charge < -0.3 is 54.3 Å². The molecule has 31 heteroatoms. The van der Waals surface area contributed by atoms with Crippen molar-refractivity contribution in [2.24, 2.45) is 5.92 Å². The monoisotopic (exact) mass is 1610 g/mol. The number of nitriles is 1. The van der Waals surface area contributed by atoms with Crippen molar-refractivity contribution in [1.82, 2.24) is 40.7 Å². The van der Waals surface area contributed by atoms with Crippen LogP contribution in [0.15, 0.2) is 138 Å². The Morgan fingerprint density at radius 3 is 2.21 bits per heavy atom. The average molecular weight is 1610 g/mol. The van der Waals surface area contributed by atoms with Crippen LogP contribution in [-0.2, 0) is 107 Å². The van der Waals surface area contributed by atoms with Crippen molar-refractivity contribution in [2.45, 2.75) is 173 Å². The third-order valence-corrected chi connectivity index (χ3v) is 23.3. The van der Waals surface area contributed by atoms with E-state index in [1.165, 1.54) is 5.56 Å². The molecule has 5 amide bonds. The molecule has 0 unspecified atom stereocenters. The molecule has 11 rings (SSSR count). The summed E-state index contributed by atoms with van der Waals surface area (Å²) in [5.41, 5.74) is 13.1. The molecule has 2 fully saturated rings. The Hall–Kier alpha value is -9.39. The number of nitrogens with one attached hydrogen (secondary N) is 3. The summed E-state index contributed by atoms with van der Waals surface area (Å²) in [5.74, 6) is -5.20. The van der Waals surface area contributed by atoms with E-state index in [9.17, 15) is 64.0 Å².